The van der Waals surface area contributed by atoms with Gasteiger partial charge in [-0.1, -0.05) is 6.07 Å². The Morgan fingerprint density at radius 3 is 2.48 bits per heavy atom. The predicted molar refractivity (Wildman–Crippen MR) is 109 cm³/mol. The summed E-state index contributed by atoms with van der Waals surface area (Å²) in [5.74, 6) is 1.66. The van der Waals surface area contributed by atoms with Crippen LogP contribution in [0.4, 0.5) is 0 Å². The predicted octanol–water partition coefficient (Wildman–Crippen LogP) is 3.36. The number of ether oxygens (including phenoxy) is 3. The summed E-state index contributed by atoms with van der Waals surface area (Å²) in [6, 6.07) is 18.2. The summed E-state index contributed by atoms with van der Waals surface area (Å²) in [5.41, 5.74) is 2.22. The summed E-state index contributed by atoms with van der Waals surface area (Å²) in [5, 5.41) is 11.1. The molecule has 3 rings (SSSR count). The number of hydrogen-bond donors (Lipinski definition) is 1. The number of carbonyl (C=O) groups excluding carboxylic acids is 1. The summed E-state index contributed by atoms with van der Waals surface area (Å²) < 4.78 is 16.1. The molecular weight excluding hydrogens is 370 g/mol. The normalized spacial score (nSPS) is 10.3. The molecule has 0 bridgehead atoms. The maximum Gasteiger partial charge on any atom is 0.251 e. The van der Waals surface area contributed by atoms with Crippen molar-refractivity contribution in [3.05, 3.63) is 66.2 Å². The van der Waals surface area contributed by atoms with Crippen LogP contribution in [0.2, 0.25) is 0 Å². The summed E-state index contributed by atoms with van der Waals surface area (Å²) in [4.78, 5) is 12.1. The highest BCUT2D eigenvalue weighted by Gasteiger charge is 2.07. The van der Waals surface area contributed by atoms with Gasteiger partial charge in [0.2, 0.25) is 5.88 Å². The van der Waals surface area contributed by atoms with Gasteiger partial charge < -0.3 is 19.5 Å². The molecule has 3 aromatic rings. The molecule has 1 amide bonds. The van der Waals surface area contributed by atoms with Crippen LogP contribution in [0.5, 0.6) is 17.4 Å². The number of nitrogens with zero attached hydrogens (tertiary/aromatic N) is 2. The van der Waals surface area contributed by atoms with Crippen molar-refractivity contribution in [1.82, 2.24) is 15.5 Å². The van der Waals surface area contributed by atoms with Gasteiger partial charge in [-0.15, -0.1) is 10.2 Å². The molecule has 0 atom stereocenters. The Labute approximate surface area is 169 Å². The topological polar surface area (TPSA) is 82.6 Å². The first-order valence-corrected chi connectivity index (χ1v) is 9.31. The van der Waals surface area contributed by atoms with Crippen molar-refractivity contribution in [3.8, 4) is 28.6 Å². The SMILES string of the molecule is CCOc1ccc(-c2ccc(OCCNC(=O)c3cccc(OC)c3)nn2)cc1. The van der Waals surface area contributed by atoms with Crippen molar-refractivity contribution in [2.45, 2.75) is 6.92 Å². The van der Waals surface area contributed by atoms with Crippen LogP contribution in [0.3, 0.4) is 0 Å². The van der Waals surface area contributed by atoms with Gasteiger partial charge in [-0.2, -0.15) is 0 Å². The maximum absolute atomic E-state index is 12.1. The van der Waals surface area contributed by atoms with E-state index in [1.54, 1.807) is 37.4 Å². The van der Waals surface area contributed by atoms with E-state index in [4.69, 9.17) is 14.2 Å². The number of rotatable bonds is 9. The van der Waals surface area contributed by atoms with Crippen LogP contribution < -0.4 is 19.5 Å². The number of nitrogens with one attached hydrogen (secondary N) is 1. The average Bonchev–Trinajstić information content (AvgIpc) is 2.78. The van der Waals surface area contributed by atoms with E-state index in [1.165, 1.54) is 0 Å². The van der Waals surface area contributed by atoms with Crippen molar-refractivity contribution >= 4 is 5.91 Å². The average molecular weight is 393 g/mol. The highest BCUT2D eigenvalue weighted by Crippen LogP contribution is 2.21. The highest BCUT2D eigenvalue weighted by atomic mass is 16.5. The van der Waals surface area contributed by atoms with Gasteiger partial charge in [0.25, 0.3) is 5.91 Å². The van der Waals surface area contributed by atoms with Crippen molar-refractivity contribution in [2.75, 3.05) is 26.9 Å². The van der Waals surface area contributed by atoms with Crippen molar-refractivity contribution in [2.24, 2.45) is 0 Å². The lowest BCUT2D eigenvalue weighted by atomic mass is 10.1. The Hall–Kier alpha value is -3.61. The van der Waals surface area contributed by atoms with Crippen LogP contribution in [0.1, 0.15) is 17.3 Å². The van der Waals surface area contributed by atoms with Gasteiger partial charge in [-0.05, 0) is 55.5 Å². The summed E-state index contributed by atoms with van der Waals surface area (Å²) in [6.07, 6.45) is 0. The van der Waals surface area contributed by atoms with Crippen LogP contribution in [-0.2, 0) is 0 Å². The standard InChI is InChI=1S/C22H23N3O4/c1-3-28-18-9-7-16(8-10-18)20-11-12-21(25-24-20)29-14-13-23-22(26)17-5-4-6-19(15-17)27-2/h4-12,15H,3,13-14H2,1-2H3,(H,23,26). The molecule has 29 heavy (non-hydrogen) atoms. The van der Waals surface area contributed by atoms with E-state index in [9.17, 15) is 4.79 Å². The lowest BCUT2D eigenvalue weighted by Gasteiger charge is -2.08. The Kier molecular flexibility index (Phi) is 7.00. The molecule has 0 aliphatic heterocycles. The zero-order valence-electron chi connectivity index (χ0n) is 16.4. The third-order valence-electron chi connectivity index (χ3n) is 4.07. The summed E-state index contributed by atoms with van der Waals surface area (Å²) in [7, 11) is 1.56. The quantitative estimate of drug-likeness (QED) is 0.562. The second-order valence-corrected chi connectivity index (χ2v) is 6.05. The third kappa shape index (κ3) is 5.68. The number of methoxy groups -OCH3 is 1. The smallest absolute Gasteiger partial charge is 0.251 e. The Morgan fingerprint density at radius 2 is 1.79 bits per heavy atom. The highest BCUT2D eigenvalue weighted by molar-refractivity contribution is 5.94. The van der Waals surface area contributed by atoms with E-state index in [0.29, 0.717) is 30.3 Å². The molecule has 0 aliphatic carbocycles. The molecule has 2 aromatic carbocycles. The molecule has 0 spiro atoms. The van der Waals surface area contributed by atoms with Crippen LogP contribution >= 0.6 is 0 Å². The number of carbonyl (C=O) groups is 1. The first kappa shape index (κ1) is 20.1. The van der Waals surface area contributed by atoms with E-state index >= 15 is 0 Å². The maximum atomic E-state index is 12.1. The fourth-order valence-electron chi connectivity index (χ4n) is 2.63. The minimum absolute atomic E-state index is 0.190. The third-order valence-corrected chi connectivity index (χ3v) is 4.07. The molecule has 1 N–H and O–H groups in total. The molecule has 0 saturated heterocycles. The van der Waals surface area contributed by atoms with Gasteiger partial charge in [-0.25, -0.2) is 0 Å². The van der Waals surface area contributed by atoms with Crippen molar-refractivity contribution < 1.29 is 19.0 Å². The molecule has 1 aromatic heterocycles. The molecular formula is C22H23N3O4. The van der Waals surface area contributed by atoms with E-state index in [1.807, 2.05) is 37.3 Å². The minimum atomic E-state index is -0.190. The number of amides is 1. The van der Waals surface area contributed by atoms with Gasteiger partial charge in [0.1, 0.15) is 18.1 Å². The number of benzene rings is 2. The monoisotopic (exact) mass is 393 g/mol. The van der Waals surface area contributed by atoms with E-state index < -0.39 is 0 Å². The van der Waals surface area contributed by atoms with Crippen LogP contribution in [-0.4, -0.2) is 43.0 Å². The van der Waals surface area contributed by atoms with Crippen molar-refractivity contribution in [3.63, 3.8) is 0 Å². The first-order chi connectivity index (χ1) is 14.2. The Morgan fingerprint density at radius 1 is 0.966 bits per heavy atom. The summed E-state index contributed by atoms with van der Waals surface area (Å²) >= 11 is 0. The molecule has 150 valence electrons. The second-order valence-electron chi connectivity index (χ2n) is 6.05. The molecule has 7 nitrogen and oxygen atoms in total. The molecule has 7 heteroatoms. The largest absolute Gasteiger partial charge is 0.497 e. The van der Waals surface area contributed by atoms with Crippen molar-refractivity contribution in [1.29, 1.82) is 0 Å². The molecule has 0 radical (unpaired) electrons. The van der Waals surface area contributed by atoms with E-state index in [0.717, 1.165) is 17.0 Å². The van der Waals surface area contributed by atoms with Gasteiger partial charge in [0.05, 0.1) is 26.0 Å². The van der Waals surface area contributed by atoms with Crippen LogP contribution in [0.15, 0.2) is 60.7 Å². The minimum Gasteiger partial charge on any atom is -0.497 e. The number of hydrogen-bond acceptors (Lipinski definition) is 6. The lowest BCUT2D eigenvalue weighted by molar-refractivity contribution is 0.0946. The molecule has 1 heterocycles. The zero-order chi connectivity index (χ0) is 20.5. The fraction of sp³-hybridized carbons (Fsp3) is 0.227. The number of aromatic nitrogens is 2. The second kappa shape index (κ2) is 10.1. The lowest BCUT2D eigenvalue weighted by Crippen LogP contribution is -2.28. The van der Waals surface area contributed by atoms with Gasteiger partial charge in [0, 0.05) is 17.2 Å². The molecule has 0 unspecified atom stereocenters. The zero-order valence-corrected chi connectivity index (χ0v) is 16.4. The van der Waals surface area contributed by atoms with Gasteiger partial charge >= 0.3 is 0 Å². The van der Waals surface area contributed by atoms with E-state index in [-0.39, 0.29) is 12.5 Å². The van der Waals surface area contributed by atoms with E-state index in [2.05, 4.69) is 15.5 Å². The Balaban J connectivity index is 1.47. The van der Waals surface area contributed by atoms with Gasteiger partial charge in [-0.3, -0.25) is 4.79 Å². The van der Waals surface area contributed by atoms with Gasteiger partial charge in [0.15, 0.2) is 0 Å². The van der Waals surface area contributed by atoms with Crippen LogP contribution in [0, 0.1) is 0 Å². The molecule has 0 aliphatic rings. The Bertz CT molecular complexity index is 928. The fourth-order valence-corrected chi connectivity index (χ4v) is 2.63. The van der Waals surface area contributed by atoms with Crippen LogP contribution in [0.25, 0.3) is 11.3 Å². The first-order valence-electron chi connectivity index (χ1n) is 9.31. The molecule has 0 fully saturated rings. The molecule has 0 saturated carbocycles. The summed E-state index contributed by atoms with van der Waals surface area (Å²) in [6.45, 7) is 3.21.